The fourth-order valence-corrected chi connectivity index (χ4v) is 5.85. The van der Waals surface area contributed by atoms with Gasteiger partial charge in [0.25, 0.3) is 5.91 Å². The molecule has 1 fully saturated rings. The van der Waals surface area contributed by atoms with Crippen LogP contribution in [0.1, 0.15) is 29.2 Å². The minimum Gasteiger partial charge on any atom is -0.344 e. The predicted molar refractivity (Wildman–Crippen MR) is 150 cm³/mol. The number of carbonyl (C=O) groups excluding carboxylic acids is 1. The average Bonchev–Trinajstić information content (AvgIpc) is 3.30. The van der Waals surface area contributed by atoms with E-state index >= 15 is 0 Å². The Balaban J connectivity index is 1.24. The third kappa shape index (κ3) is 4.39. The molecule has 4 aromatic rings. The number of anilines is 4. The molecule has 190 valence electrons. The lowest BCUT2D eigenvalue weighted by molar-refractivity contribution is 0.0982. The van der Waals surface area contributed by atoms with E-state index in [4.69, 9.17) is 23.2 Å². The lowest BCUT2D eigenvalue weighted by Crippen LogP contribution is -2.46. The molecule has 1 amide bonds. The van der Waals surface area contributed by atoms with Gasteiger partial charge in [0.1, 0.15) is 11.4 Å². The lowest BCUT2D eigenvalue weighted by Gasteiger charge is -2.35. The summed E-state index contributed by atoms with van der Waals surface area (Å²) in [5, 5.41) is 5.30. The number of nitrogens with zero attached hydrogens (tertiary/aromatic N) is 6. The summed E-state index contributed by atoms with van der Waals surface area (Å²) in [6, 6.07) is 14.2. The van der Waals surface area contributed by atoms with Crippen LogP contribution in [-0.2, 0) is 0 Å². The van der Waals surface area contributed by atoms with E-state index in [1.165, 1.54) is 10.9 Å². The number of piperidine rings is 1. The van der Waals surface area contributed by atoms with Crippen LogP contribution in [0.5, 0.6) is 0 Å². The highest BCUT2D eigenvalue weighted by Crippen LogP contribution is 2.37. The molecule has 8 nitrogen and oxygen atoms in total. The topological polar surface area (TPSA) is 69.5 Å². The minimum absolute atomic E-state index is 0.244. The number of rotatable bonds is 4. The van der Waals surface area contributed by atoms with Gasteiger partial charge in [0.2, 0.25) is 5.95 Å². The quantitative estimate of drug-likeness (QED) is 0.356. The maximum Gasteiger partial charge on any atom is 0.265 e. The standard InChI is InChI=1S/C27H27Cl2N7O/c1-33-11-9-19(10-12-33)35-13-8-17-14-18(6-7-23(17)35)31-27-30-15-20-25(32-27)34(2)16-36(26(20)37)24-21(28)4-3-5-22(24)29/h3-8,13-15,19H,9-12,16H2,1-2H3,(H,30,31,32). The maximum atomic E-state index is 13.3. The molecule has 10 heteroatoms. The van der Waals surface area contributed by atoms with Gasteiger partial charge in [0.15, 0.2) is 0 Å². The molecule has 0 radical (unpaired) electrons. The van der Waals surface area contributed by atoms with Crippen LogP contribution in [0.4, 0.5) is 23.1 Å². The molecule has 0 saturated carbocycles. The van der Waals surface area contributed by atoms with Crippen LogP contribution in [0.25, 0.3) is 10.9 Å². The van der Waals surface area contributed by atoms with E-state index < -0.39 is 0 Å². The van der Waals surface area contributed by atoms with E-state index in [0.717, 1.165) is 31.6 Å². The zero-order valence-electron chi connectivity index (χ0n) is 20.7. The Kier molecular flexibility index (Phi) is 6.18. The van der Waals surface area contributed by atoms with E-state index in [0.29, 0.717) is 39.1 Å². The second-order valence-electron chi connectivity index (χ2n) is 9.73. The van der Waals surface area contributed by atoms with Gasteiger partial charge in [-0.1, -0.05) is 29.3 Å². The number of hydrogen-bond acceptors (Lipinski definition) is 6. The maximum absolute atomic E-state index is 13.3. The molecule has 0 unspecified atom stereocenters. The number of para-hydroxylation sites is 1. The highest BCUT2D eigenvalue weighted by atomic mass is 35.5. The summed E-state index contributed by atoms with van der Waals surface area (Å²) in [5.74, 6) is 0.736. The van der Waals surface area contributed by atoms with E-state index in [-0.39, 0.29) is 12.6 Å². The number of amides is 1. The molecule has 2 aliphatic heterocycles. The van der Waals surface area contributed by atoms with E-state index in [1.807, 2.05) is 18.0 Å². The molecule has 37 heavy (non-hydrogen) atoms. The summed E-state index contributed by atoms with van der Waals surface area (Å²) in [6.45, 7) is 2.52. The molecule has 4 heterocycles. The first-order valence-electron chi connectivity index (χ1n) is 12.3. The van der Waals surface area contributed by atoms with Gasteiger partial charge < -0.3 is 19.7 Å². The van der Waals surface area contributed by atoms with Gasteiger partial charge in [0, 0.05) is 42.1 Å². The first kappa shape index (κ1) is 24.0. The normalized spacial score (nSPS) is 16.9. The SMILES string of the molecule is CN1CCC(n2ccc3cc(Nc4ncc5c(n4)N(C)CN(c4c(Cl)cccc4Cl)C5=O)ccc32)CC1. The van der Waals surface area contributed by atoms with E-state index in [9.17, 15) is 4.79 Å². The van der Waals surface area contributed by atoms with Crippen molar-refractivity contribution in [3.05, 3.63) is 70.5 Å². The van der Waals surface area contributed by atoms with Crippen LogP contribution >= 0.6 is 23.2 Å². The van der Waals surface area contributed by atoms with Crippen LogP contribution < -0.4 is 15.1 Å². The number of aromatic nitrogens is 3. The van der Waals surface area contributed by atoms with Gasteiger partial charge >= 0.3 is 0 Å². The minimum atomic E-state index is -0.244. The molecule has 1 saturated heterocycles. The summed E-state index contributed by atoms with van der Waals surface area (Å²) in [4.78, 5) is 28.2. The molecular weight excluding hydrogens is 509 g/mol. The Morgan fingerprint density at radius 1 is 1.03 bits per heavy atom. The van der Waals surface area contributed by atoms with Crippen molar-refractivity contribution in [2.45, 2.75) is 18.9 Å². The summed E-state index contributed by atoms with van der Waals surface area (Å²) in [7, 11) is 4.06. The first-order valence-corrected chi connectivity index (χ1v) is 13.0. The predicted octanol–water partition coefficient (Wildman–Crippen LogP) is 5.80. The molecule has 6 rings (SSSR count). The first-order chi connectivity index (χ1) is 17.9. The van der Waals surface area contributed by atoms with Crippen LogP contribution in [-0.4, -0.2) is 59.2 Å². The number of fused-ring (bicyclic) bond motifs is 2. The van der Waals surface area contributed by atoms with Crippen LogP contribution in [0.3, 0.4) is 0 Å². The van der Waals surface area contributed by atoms with Gasteiger partial charge in [-0.25, -0.2) is 4.98 Å². The van der Waals surface area contributed by atoms with Gasteiger partial charge in [-0.05, 0) is 69.4 Å². The lowest BCUT2D eigenvalue weighted by atomic mass is 10.1. The summed E-state index contributed by atoms with van der Waals surface area (Å²) in [6.07, 6.45) is 6.07. The van der Waals surface area contributed by atoms with Crippen molar-refractivity contribution in [2.24, 2.45) is 0 Å². The van der Waals surface area contributed by atoms with Crippen molar-refractivity contribution in [3.8, 4) is 0 Å². The molecular formula is C27H27Cl2N7O. The number of halogens is 2. The fourth-order valence-electron chi connectivity index (χ4n) is 5.25. The van der Waals surface area contributed by atoms with Gasteiger partial charge in [-0.15, -0.1) is 0 Å². The second kappa shape index (κ2) is 9.52. The molecule has 2 aromatic heterocycles. The Labute approximate surface area is 225 Å². The smallest absolute Gasteiger partial charge is 0.265 e. The van der Waals surface area contributed by atoms with Gasteiger partial charge in [-0.3, -0.25) is 9.69 Å². The second-order valence-corrected chi connectivity index (χ2v) is 10.5. The molecule has 0 aliphatic carbocycles. The van der Waals surface area contributed by atoms with Crippen molar-refractivity contribution >= 4 is 63.2 Å². The third-order valence-electron chi connectivity index (χ3n) is 7.22. The monoisotopic (exact) mass is 535 g/mol. The zero-order valence-corrected chi connectivity index (χ0v) is 22.2. The fraction of sp³-hybridized carbons (Fsp3) is 0.296. The third-order valence-corrected chi connectivity index (χ3v) is 7.83. The summed E-state index contributed by atoms with van der Waals surface area (Å²) < 4.78 is 2.40. The average molecular weight is 536 g/mol. The number of hydrogen-bond donors (Lipinski definition) is 1. The van der Waals surface area contributed by atoms with Crippen LogP contribution in [0.15, 0.2) is 54.9 Å². The highest BCUT2D eigenvalue weighted by Gasteiger charge is 2.32. The molecule has 1 N–H and O–H groups in total. The van der Waals surface area contributed by atoms with Gasteiger partial charge in [-0.2, -0.15) is 4.98 Å². The highest BCUT2D eigenvalue weighted by molar-refractivity contribution is 6.40. The van der Waals surface area contributed by atoms with E-state index in [1.54, 1.807) is 29.3 Å². The Bertz CT molecular complexity index is 1480. The Morgan fingerprint density at radius 2 is 1.78 bits per heavy atom. The molecule has 2 aliphatic rings. The molecule has 0 bridgehead atoms. The van der Waals surface area contributed by atoms with Crippen molar-refractivity contribution in [1.82, 2.24) is 19.4 Å². The van der Waals surface area contributed by atoms with E-state index in [2.05, 4.69) is 56.2 Å². The summed E-state index contributed by atoms with van der Waals surface area (Å²) in [5.41, 5.74) is 3.00. The van der Waals surface area contributed by atoms with Crippen LogP contribution in [0.2, 0.25) is 10.0 Å². The van der Waals surface area contributed by atoms with Gasteiger partial charge in [0.05, 0.1) is 22.4 Å². The zero-order chi connectivity index (χ0) is 25.7. The molecule has 2 aromatic carbocycles. The number of carbonyl (C=O) groups is 1. The van der Waals surface area contributed by atoms with Crippen LogP contribution in [0, 0.1) is 0 Å². The number of benzene rings is 2. The van der Waals surface area contributed by atoms with Crippen molar-refractivity contribution in [2.75, 3.05) is 49.0 Å². The number of nitrogens with one attached hydrogen (secondary N) is 1. The van der Waals surface area contributed by atoms with Crippen molar-refractivity contribution in [3.63, 3.8) is 0 Å². The number of likely N-dealkylation sites (tertiary alicyclic amines) is 1. The summed E-state index contributed by atoms with van der Waals surface area (Å²) >= 11 is 12.7. The molecule has 0 spiro atoms. The molecule has 0 atom stereocenters. The van der Waals surface area contributed by atoms with Crippen molar-refractivity contribution < 1.29 is 4.79 Å². The Hall–Kier alpha value is -3.33. The van der Waals surface area contributed by atoms with Crippen molar-refractivity contribution in [1.29, 1.82) is 0 Å². The largest absolute Gasteiger partial charge is 0.344 e. The Morgan fingerprint density at radius 3 is 2.54 bits per heavy atom.